The molecular formula is C13H19N3O5. The van der Waals surface area contributed by atoms with E-state index in [0.717, 1.165) is 0 Å². The number of nitrogens with zero attached hydrogens (tertiary/aromatic N) is 3. The number of aromatic nitrogens is 2. The summed E-state index contributed by atoms with van der Waals surface area (Å²) < 4.78 is 10.1. The van der Waals surface area contributed by atoms with E-state index < -0.39 is 12.0 Å². The number of amides is 1. The van der Waals surface area contributed by atoms with Crippen LogP contribution in [0.15, 0.2) is 4.52 Å². The molecule has 1 aliphatic rings. The van der Waals surface area contributed by atoms with Crippen molar-refractivity contribution >= 4 is 11.9 Å². The second-order valence-electron chi connectivity index (χ2n) is 5.08. The van der Waals surface area contributed by atoms with Crippen molar-refractivity contribution in [2.45, 2.75) is 44.8 Å². The van der Waals surface area contributed by atoms with Crippen molar-refractivity contribution in [3.8, 4) is 0 Å². The summed E-state index contributed by atoms with van der Waals surface area (Å²) in [7, 11) is 1.52. The van der Waals surface area contributed by atoms with Gasteiger partial charge in [0.25, 0.3) is 0 Å². The lowest BCUT2D eigenvalue weighted by Crippen LogP contribution is -2.40. The number of likely N-dealkylation sites (tertiary alicyclic amines) is 1. The third-order valence-electron chi connectivity index (χ3n) is 3.55. The summed E-state index contributed by atoms with van der Waals surface area (Å²) in [4.78, 5) is 28.8. The quantitative estimate of drug-likeness (QED) is 0.810. The molecule has 0 bridgehead atoms. The molecule has 1 fully saturated rings. The fourth-order valence-electron chi connectivity index (χ4n) is 2.45. The molecule has 0 aliphatic carbocycles. The van der Waals surface area contributed by atoms with E-state index in [-0.39, 0.29) is 18.4 Å². The Balaban J connectivity index is 1.85. The molecule has 2 unspecified atom stereocenters. The predicted octanol–water partition coefficient (Wildman–Crippen LogP) is 0.401. The van der Waals surface area contributed by atoms with Gasteiger partial charge in [0.15, 0.2) is 5.82 Å². The number of carboxylic acids is 1. The molecule has 0 radical (unpaired) electrons. The highest BCUT2D eigenvalue weighted by Crippen LogP contribution is 2.21. The van der Waals surface area contributed by atoms with Crippen molar-refractivity contribution in [2.24, 2.45) is 0 Å². The average molecular weight is 297 g/mol. The molecule has 2 heterocycles. The Morgan fingerprint density at radius 3 is 2.86 bits per heavy atom. The van der Waals surface area contributed by atoms with Gasteiger partial charge in [-0.1, -0.05) is 5.16 Å². The van der Waals surface area contributed by atoms with Crippen molar-refractivity contribution < 1.29 is 24.0 Å². The average Bonchev–Trinajstić information content (AvgIpc) is 3.04. The first-order valence-electron chi connectivity index (χ1n) is 6.85. The number of aryl methyl sites for hydroxylation is 2. The molecule has 1 amide bonds. The van der Waals surface area contributed by atoms with Gasteiger partial charge in [-0.05, 0) is 13.3 Å². The summed E-state index contributed by atoms with van der Waals surface area (Å²) in [5, 5.41) is 12.8. The molecule has 116 valence electrons. The molecule has 0 saturated carbocycles. The maximum absolute atomic E-state index is 12.2. The molecule has 0 spiro atoms. The molecule has 1 saturated heterocycles. The smallest absolute Gasteiger partial charge is 0.326 e. The zero-order valence-electron chi connectivity index (χ0n) is 12.1. The number of hydrogen-bond donors (Lipinski definition) is 1. The van der Waals surface area contributed by atoms with Crippen LogP contribution in [-0.4, -0.2) is 57.8 Å². The minimum Gasteiger partial charge on any atom is -0.480 e. The second-order valence-corrected chi connectivity index (χ2v) is 5.08. The fraction of sp³-hybridized carbons (Fsp3) is 0.692. The standard InChI is InChI=1S/C13H19N3O5/c1-8-14-11(21-15-8)4-3-5-12(17)16-7-9(20-2)6-10(16)13(18)19/h9-10H,3-7H2,1-2H3,(H,18,19). The van der Waals surface area contributed by atoms with Gasteiger partial charge < -0.3 is 19.3 Å². The van der Waals surface area contributed by atoms with Gasteiger partial charge in [-0.2, -0.15) is 4.98 Å². The Kier molecular flexibility index (Phi) is 4.89. The third-order valence-corrected chi connectivity index (χ3v) is 3.55. The van der Waals surface area contributed by atoms with Gasteiger partial charge in [-0.25, -0.2) is 4.79 Å². The third kappa shape index (κ3) is 3.78. The van der Waals surface area contributed by atoms with E-state index in [1.807, 2.05) is 0 Å². The van der Waals surface area contributed by atoms with Gasteiger partial charge in [0, 0.05) is 32.9 Å². The van der Waals surface area contributed by atoms with Gasteiger partial charge in [0.1, 0.15) is 6.04 Å². The first kappa shape index (κ1) is 15.4. The summed E-state index contributed by atoms with van der Waals surface area (Å²) in [6, 6.07) is -0.798. The van der Waals surface area contributed by atoms with Crippen LogP contribution in [0.3, 0.4) is 0 Å². The zero-order chi connectivity index (χ0) is 15.4. The maximum atomic E-state index is 12.2. The Hall–Kier alpha value is -1.96. The lowest BCUT2D eigenvalue weighted by molar-refractivity contribution is -0.148. The minimum absolute atomic E-state index is 0.182. The molecule has 2 atom stereocenters. The first-order valence-corrected chi connectivity index (χ1v) is 6.85. The molecule has 2 rings (SSSR count). The van der Waals surface area contributed by atoms with Crippen LogP contribution in [0.1, 0.15) is 31.0 Å². The lowest BCUT2D eigenvalue weighted by atomic mass is 10.2. The van der Waals surface area contributed by atoms with Gasteiger partial charge in [0.2, 0.25) is 11.8 Å². The Bertz CT molecular complexity index is 516. The van der Waals surface area contributed by atoms with Gasteiger partial charge in [0.05, 0.1) is 6.10 Å². The number of ether oxygens (including phenoxy) is 1. The van der Waals surface area contributed by atoms with Crippen molar-refractivity contribution in [1.82, 2.24) is 15.0 Å². The van der Waals surface area contributed by atoms with Gasteiger partial charge in [-0.3, -0.25) is 4.79 Å². The van der Waals surface area contributed by atoms with Crippen LogP contribution in [0.25, 0.3) is 0 Å². The Morgan fingerprint density at radius 1 is 1.52 bits per heavy atom. The molecule has 1 aromatic rings. The molecule has 21 heavy (non-hydrogen) atoms. The molecule has 1 aromatic heterocycles. The molecule has 1 aliphatic heterocycles. The lowest BCUT2D eigenvalue weighted by Gasteiger charge is -2.21. The first-order chi connectivity index (χ1) is 10.0. The number of rotatable bonds is 6. The molecule has 1 N–H and O–H groups in total. The van der Waals surface area contributed by atoms with Crippen molar-refractivity contribution in [2.75, 3.05) is 13.7 Å². The van der Waals surface area contributed by atoms with Crippen LogP contribution in [0.2, 0.25) is 0 Å². The highest BCUT2D eigenvalue weighted by atomic mass is 16.5. The number of carboxylic acid groups (broad SMARTS) is 1. The van der Waals surface area contributed by atoms with E-state index in [4.69, 9.17) is 14.4 Å². The Labute approximate surface area is 122 Å². The summed E-state index contributed by atoms with van der Waals surface area (Å²) in [6.07, 6.45) is 1.42. The Morgan fingerprint density at radius 2 is 2.29 bits per heavy atom. The highest BCUT2D eigenvalue weighted by Gasteiger charge is 2.39. The molecule has 8 heteroatoms. The number of methoxy groups -OCH3 is 1. The molecule has 8 nitrogen and oxygen atoms in total. The number of carbonyl (C=O) groups excluding carboxylic acids is 1. The van der Waals surface area contributed by atoms with E-state index in [0.29, 0.717) is 37.5 Å². The van der Waals surface area contributed by atoms with E-state index in [2.05, 4.69) is 10.1 Å². The van der Waals surface area contributed by atoms with Crippen molar-refractivity contribution in [3.05, 3.63) is 11.7 Å². The van der Waals surface area contributed by atoms with Crippen molar-refractivity contribution in [3.63, 3.8) is 0 Å². The topological polar surface area (TPSA) is 106 Å². The molecule has 0 aromatic carbocycles. The highest BCUT2D eigenvalue weighted by molar-refractivity contribution is 5.84. The SMILES string of the molecule is COC1CC(C(=O)O)N(C(=O)CCCc2nc(C)no2)C1. The van der Waals surface area contributed by atoms with E-state index >= 15 is 0 Å². The van der Waals surface area contributed by atoms with Crippen LogP contribution in [-0.2, 0) is 20.7 Å². The summed E-state index contributed by atoms with van der Waals surface area (Å²) in [6.45, 7) is 2.05. The number of carbonyl (C=O) groups is 2. The summed E-state index contributed by atoms with van der Waals surface area (Å²) >= 11 is 0. The number of hydrogen-bond acceptors (Lipinski definition) is 6. The fourth-order valence-corrected chi connectivity index (χ4v) is 2.45. The predicted molar refractivity (Wildman–Crippen MR) is 70.5 cm³/mol. The largest absolute Gasteiger partial charge is 0.480 e. The van der Waals surface area contributed by atoms with E-state index in [1.54, 1.807) is 6.92 Å². The van der Waals surface area contributed by atoms with Crippen LogP contribution < -0.4 is 0 Å². The maximum Gasteiger partial charge on any atom is 0.326 e. The van der Waals surface area contributed by atoms with Crippen molar-refractivity contribution in [1.29, 1.82) is 0 Å². The van der Waals surface area contributed by atoms with Crippen LogP contribution >= 0.6 is 0 Å². The van der Waals surface area contributed by atoms with Gasteiger partial charge >= 0.3 is 5.97 Å². The second kappa shape index (κ2) is 6.66. The summed E-state index contributed by atoms with van der Waals surface area (Å²) in [5.74, 6) is -0.121. The minimum atomic E-state index is -0.990. The van der Waals surface area contributed by atoms with E-state index in [9.17, 15) is 9.59 Å². The van der Waals surface area contributed by atoms with Gasteiger partial charge in [-0.15, -0.1) is 0 Å². The monoisotopic (exact) mass is 297 g/mol. The zero-order valence-corrected chi connectivity index (χ0v) is 12.1. The van der Waals surface area contributed by atoms with Crippen LogP contribution in [0.4, 0.5) is 0 Å². The van der Waals surface area contributed by atoms with Crippen LogP contribution in [0.5, 0.6) is 0 Å². The van der Waals surface area contributed by atoms with E-state index in [1.165, 1.54) is 12.0 Å². The van der Waals surface area contributed by atoms with Crippen LogP contribution in [0, 0.1) is 6.92 Å². The normalized spacial score (nSPS) is 21.7. The summed E-state index contributed by atoms with van der Waals surface area (Å²) in [5.41, 5.74) is 0. The number of aliphatic carboxylic acids is 1. The molecular weight excluding hydrogens is 278 g/mol.